The molecule has 0 heterocycles. The Morgan fingerprint density at radius 3 is 2.55 bits per heavy atom. The summed E-state index contributed by atoms with van der Waals surface area (Å²) in [6.45, 7) is 9.00. The zero-order valence-corrected chi connectivity index (χ0v) is 8.69. The van der Waals surface area contributed by atoms with Crippen molar-refractivity contribution >= 4 is 15.9 Å². The molecule has 0 spiro atoms. The maximum Gasteiger partial charge on any atom is 0.0687 e. The lowest BCUT2D eigenvalue weighted by atomic mass is 10.1. The van der Waals surface area contributed by atoms with Crippen molar-refractivity contribution in [1.82, 2.24) is 5.32 Å². The Bertz CT molecular complexity index is 125. The van der Waals surface area contributed by atoms with Crippen molar-refractivity contribution in [3.05, 3.63) is 11.1 Å². The van der Waals surface area contributed by atoms with Gasteiger partial charge in [-0.05, 0) is 5.92 Å². The lowest BCUT2D eigenvalue weighted by Crippen LogP contribution is -2.31. The molecule has 0 saturated heterocycles. The Morgan fingerprint density at radius 2 is 2.18 bits per heavy atom. The highest BCUT2D eigenvalue weighted by Gasteiger charge is 2.07. The van der Waals surface area contributed by atoms with Crippen molar-refractivity contribution < 1.29 is 5.11 Å². The van der Waals surface area contributed by atoms with Crippen LogP contribution in [0.1, 0.15) is 13.8 Å². The van der Waals surface area contributed by atoms with Gasteiger partial charge in [0.15, 0.2) is 0 Å². The van der Waals surface area contributed by atoms with Crippen LogP contribution in [0.5, 0.6) is 0 Å². The molecule has 0 aliphatic heterocycles. The van der Waals surface area contributed by atoms with Crippen LogP contribution >= 0.6 is 15.9 Å². The van der Waals surface area contributed by atoms with Gasteiger partial charge >= 0.3 is 0 Å². The highest BCUT2D eigenvalue weighted by Crippen LogP contribution is 2.00. The minimum Gasteiger partial charge on any atom is -0.392 e. The number of aliphatic hydroxyl groups excluding tert-OH is 1. The standard InChI is InChI=1S/C8H16BrNO/c1-6(2)8(11)5-10-4-7(3)9/h6,8,10-11H,3-5H2,1-2H3. The van der Waals surface area contributed by atoms with Crippen molar-refractivity contribution in [3.63, 3.8) is 0 Å². The van der Waals surface area contributed by atoms with Gasteiger partial charge in [0.25, 0.3) is 0 Å². The summed E-state index contributed by atoms with van der Waals surface area (Å²) in [4.78, 5) is 0. The average Bonchev–Trinajstić information content (AvgIpc) is 1.86. The molecule has 0 rings (SSSR count). The Kier molecular flexibility index (Phi) is 5.82. The second-order valence-electron chi connectivity index (χ2n) is 2.96. The van der Waals surface area contributed by atoms with Crippen LogP contribution < -0.4 is 5.32 Å². The molecule has 0 aliphatic rings. The second kappa shape index (κ2) is 5.75. The third kappa shape index (κ3) is 6.53. The number of hydrogen-bond acceptors (Lipinski definition) is 2. The topological polar surface area (TPSA) is 32.3 Å². The first kappa shape index (κ1) is 11.1. The highest BCUT2D eigenvalue weighted by atomic mass is 79.9. The molecule has 0 aromatic rings. The van der Waals surface area contributed by atoms with Crippen LogP contribution in [-0.2, 0) is 0 Å². The van der Waals surface area contributed by atoms with Crippen LogP contribution in [0.4, 0.5) is 0 Å². The fourth-order valence-electron chi connectivity index (χ4n) is 0.591. The molecule has 0 radical (unpaired) electrons. The SMILES string of the molecule is C=C(Br)CNCC(O)C(C)C. The van der Waals surface area contributed by atoms with Crippen molar-refractivity contribution in [2.24, 2.45) is 5.92 Å². The molecular formula is C8H16BrNO. The highest BCUT2D eigenvalue weighted by molar-refractivity contribution is 9.11. The Morgan fingerprint density at radius 1 is 1.64 bits per heavy atom. The second-order valence-corrected chi connectivity index (χ2v) is 4.08. The summed E-state index contributed by atoms with van der Waals surface area (Å²) in [7, 11) is 0. The molecule has 3 heteroatoms. The predicted octanol–water partition coefficient (Wildman–Crippen LogP) is 1.50. The molecule has 66 valence electrons. The first-order valence-electron chi connectivity index (χ1n) is 3.76. The maximum absolute atomic E-state index is 9.33. The summed E-state index contributed by atoms with van der Waals surface area (Å²) < 4.78 is 0.911. The number of halogens is 1. The zero-order valence-electron chi connectivity index (χ0n) is 7.10. The number of rotatable bonds is 5. The van der Waals surface area contributed by atoms with E-state index in [1.807, 2.05) is 13.8 Å². The summed E-state index contributed by atoms with van der Waals surface area (Å²) in [5.74, 6) is 0.311. The third-order valence-electron chi connectivity index (χ3n) is 1.44. The van der Waals surface area contributed by atoms with E-state index < -0.39 is 0 Å². The van der Waals surface area contributed by atoms with Gasteiger partial charge in [-0.3, -0.25) is 0 Å². The van der Waals surface area contributed by atoms with Crippen molar-refractivity contribution in [3.8, 4) is 0 Å². The lowest BCUT2D eigenvalue weighted by molar-refractivity contribution is 0.125. The third-order valence-corrected chi connectivity index (χ3v) is 1.72. The van der Waals surface area contributed by atoms with E-state index in [9.17, 15) is 5.11 Å². The van der Waals surface area contributed by atoms with Crippen LogP contribution in [0.15, 0.2) is 11.1 Å². The van der Waals surface area contributed by atoms with E-state index >= 15 is 0 Å². The van der Waals surface area contributed by atoms with Crippen molar-refractivity contribution in [2.75, 3.05) is 13.1 Å². The first-order valence-corrected chi connectivity index (χ1v) is 4.55. The summed E-state index contributed by atoms with van der Waals surface area (Å²) in [5, 5.41) is 12.4. The molecular weight excluding hydrogens is 206 g/mol. The molecule has 0 aliphatic carbocycles. The molecule has 2 nitrogen and oxygen atoms in total. The van der Waals surface area contributed by atoms with E-state index in [1.54, 1.807) is 0 Å². The van der Waals surface area contributed by atoms with E-state index in [4.69, 9.17) is 0 Å². The molecule has 0 bridgehead atoms. The van der Waals surface area contributed by atoms with Gasteiger partial charge in [-0.25, -0.2) is 0 Å². The predicted molar refractivity (Wildman–Crippen MR) is 51.8 cm³/mol. The molecule has 0 fully saturated rings. The Labute approximate surface area is 76.8 Å². The van der Waals surface area contributed by atoms with E-state index in [2.05, 4.69) is 27.8 Å². The molecule has 1 unspecified atom stereocenters. The van der Waals surface area contributed by atoms with Gasteiger partial charge in [0.05, 0.1) is 6.10 Å². The number of hydrogen-bond donors (Lipinski definition) is 2. The van der Waals surface area contributed by atoms with Crippen LogP contribution in [0.3, 0.4) is 0 Å². The van der Waals surface area contributed by atoms with E-state index in [0.29, 0.717) is 19.0 Å². The van der Waals surface area contributed by atoms with Gasteiger partial charge < -0.3 is 10.4 Å². The lowest BCUT2D eigenvalue weighted by Gasteiger charge is -2.14. The van der Waals surface area contributed by atoms with Crippen LogP contribution in [0.25, 0.3) is 0 Å². The minimum absolute atomic E-state index is 0.262. The van der Waals surface area contributed by atoms with E-state index in [0.717, 1.165) is 4.48 Å². The van der Waals surface area contributed by atoms with E-state index in [-0.39, 0.29) is 6.10 Å². The summed E-state index contributed by atoms with van der Waals surface area (Å²) >= 11 is 3.22. The molecule has 1 atom stereocenters. The number of nitrogens with one attached hydrogen (secondary N) is 1. The van der Waals surface area contributed by atoms with Gasteiger partial charge in [-0.1, -0.05) is 36.4 Å². The summed E-state index contributed by atoms with van der Waals surface area (Å²) in [6.07, 6.45) is -0.262. The molecule has 11 heavy (non-hydrogen) atoms. The fraction of sp³-hybridized carbons (Fsp3) is 0.750. The largest absolute Gasteiger partial charge is 0.392 e. The normalized spacial score (nSPS) is 13.5. The van der Waals surface area contributed by atoms with Gasteiger partial charge in [0, 0.05) is 17.6 Å². The van der Waals surface area contributed by atoms with Crippen LogP contribution in [0.2, 0.25) is 0 Å². The first-order chi connectivity index (χ1) is 5.04. The summed E-state index contributed by atoms with van der Waals surface area (Å²) in [6, 6.07) is 0. The van der Waals surface area contributed by atoms with Gasteiger partial charge in [0.2, 0.25) is 0 Å². The van der Waals surface area contributed by atoms with Crippen molar-refractivity contribution in [1.29, 1.82) is 0 Å². The minimum atomic E-state index is -0.262. The molecule has 2 N–H and O–H groups in total. The monoisotopic (exact) mass is 221 g/mol. The van der Waals surface area contributed by atoms with Crippen LogP contribution in [0, 0.1) is 5.92 Å². The zero-order chi connectivity index (χ0) is 8.85. The van der Waals surface area contributed by atoms with Gasteiger partial charge in [-0.2, -0.15) is 0 Å². The molecule has 0 saturated carbocycles. The molecule has 0 aromatic carbocycles. The fourth-order valence-corrected chi connectivity index (χ4v) is 0.790. The van der Waals surface area contributed by atoms with Gasteiger partial charge in [0.1, 0.15) is 0 Å². The number of aliphatic hydroxyl groups is 1. The Hall–Kier alpha value is 0.140. The smallest absolute Gasteiger partial charge is 0.0687 e. The van der Waals surface area contributed by atoms with E-state index in [1.165, 1.54) is 0 Å². The molecule has 0 amide bonds. The average molecular weight is 222 g/mol. The van der Waals surface area contributed by atoms with Crippen LogP contribution in [-0.4, -0.2) is 24.3 Å². The van der Waals surface area contributed by atoms with Crippen molar-refractivity contribution in [2.45, 2.75) is 20.0 Å². The van der Waals surface area contributed by atoms with Gasteiger partial charge in [-0.15, -0.1) is 0 Å². The molecule has 0 aromatic heterocycles. The Balaban J connectivity index is 3.31. The quantitative estimate of drug-likeness (QED) is 0.738. The summed E-state index contributed by atoms with van der Waals surface area (Å²) in [5.41, 5.74) is 0. The maximum atomic E-state index is 9.33.